The van der Waals surface area contributed by atoms with E-state index in [1.807, 2.05) is 18.2 Å². The zero-order valence-corrected chi connectivity index (χ0v) is 12.8. The van der Waals surface area contributed by atoms with E-state index < -0.39 is 6.10 Å². The van der Waals surface area contributed by atoms with Gasteiger partial charge in [0.2, 0.25) is 0 Å². The molecule has 0 unspecified atom stereocenters. The van der Waals surface area contributed by atoms with Gasteiger partial charge in [-0.3, -0.25) is 4.79 Å². The van der Waals surface area contributed by atoms with Crippen molar-refractivity contribution in [3.05, 3.63) is 48.5 Å². The normalized spacial score (nSPS) is 11.4. The third-order valence-electron chi connectivity index (χ3n) is 3.09. The zero-order chi connectivity index (χ0) is 15.9. The van der Waals surface area contributed by atoms with Gasteiger partial charge in [0.05, 0.1) is 19.9 Å². The molecular formula is C17H19NO4. The Kier molecular flexibility index (Phi) is 5.25. The van der Waals surface area contributed by atoms with E-state index in [1.54, 1.807) is 51.5 Å². The Hall–Kier alpha value is -2.69. The molecule has 0 radical (unpaired) electrons. The highest BCUT2D eigenvalue weighted by molar-refractivity contribution is 5.95. The van der Waals surface area contributed by atoms with E-state index in [-0.39, 0.29) is 5.91 Å². The summed E-state index contributed by atoms with van der Waals surface area (Å²) in [5.41, 5.74) is 0.537. The van der Waals surface area contributed by atoms with Gasteiger partial charge in [-0.25, -0.2) is 0 Å². The number of benzene rings is 2. The molecule has 2 aromatic rings. The number of anilines is 1. The molecule has 0 heterocycles. The third-order valence-corrected chi connectivity index (χ3v) is 3.09. The maximum atomic E-state index is 12.3. The molecule has 116 valence electrons. The summed E-state index contributed by atoms with van der Waals surface area (Å²) in [6.07, 6.45) is -0.640. The van der Waals surface area contributed by atoms with Gasteiger partial charge in [-0.2, -0.15) is 0 Å². The van der Waals surface area contributed by atoms with Crippen molar-refractivity contribution < 1.29 is 19.0 Å². The average Bonchev–Trinajstić information content (AvgIpc) is 2.55. The molecule has 5 nitrogen and oxygen atoms in total. The maximum Gasteiger partial charge on any atom is 0.265 e. The van der Waals surface area contributed by atoms with Crippen LogP contribution in [0.1, 0.15) is 6.92 Å². The summed E-state index contributed by atoms with van der Waals surface area (Å²) in [6, 6.07) is 14.4. The Morgan fingerprint density at radius 2 is 1.73 bits per heavy atom. The summed E-state index contributed by atoms with van der Waals surface area (Å²) in [6.45, 7) is 1.69. The summed E-state index contributed by atoms with van der Waals surface area (Å²) in [5, 5.41) is 2.79. The molecule has 0 aliphatic heterocycles. The van der Waals surface area contributed by atoms with Crippen LogP contribution < -0.4 is 19.5 Å². The Labute approximate surface area is 129 Å². The molecule has 1 N–H and O–H groups in total. The molecule has 0 saturated carbocycles. The molecule has 0 fully saturated rings. The lowest BCUT2D eigenvalue weighted by Gasteiger charge is -2.16. The number of rotatable bonds is 6. The van der Waals surface area contributed by atoms with E-state index in [9.17, 15) is 4.79 Å². The predicted molar refractivity (Wildman–Crippen MR) is 84.7 cm³/mol. The van der Waals surface area contributed by atoms with E-state index in [1.165, 1.54) is 0 Å². The van der Waals surface area contributed by atoms with Crippen LogP contribution in [0.4, 0.5) is 5.69 Å². The van der Waals surface area contributed by atoms with Gasteiger partial charge >= 0.3 is 0 Å². The Balaban J connectivity index is 2.07. The Morgan fingerprint density at radius 1 is 1.00 bits per heavy atom. The fraction of sp³-hybridized carbons (Fsp3) is 0.235. The molecule has 1 atom stereocenters. The number of hydrogen-bond acceptors (Lipinski definition) is 4. The largest absolute Gasteiger partial charge is 0.497 e. The lowest BCUT2D eigenvalue weighted by atomic mass is 10.2. The molecule has 0 aromatic heterocycles. The van der Waals surface area contributed by atoms with Crippen molar-refractivity contribution in [1.29, 1.82) is 0 Å². The van der Waals surface area contributed by atoms with Crippen molar-refractivity contribution in [2.75, 3.05) is 19.5 Å². The molecule has 2 rings (SSSR count). The average molecular weight is 301 g/mol. The summed E-state index contributed by atoms with van der Waals surface area (Å²) in [7, 11) is 3.11. The van der Waals surface area contributed by atoms with Crippen LogP contribution in [0.3, 0.4) is 0 Å². The van der Waals surface area contributed by atoms with Crippen molar-refractivity contribution in [1.82, 2.24) is 0 Å². The topological polar surface area (TPSA) is 56.8 Å². The summed E-state index contributed by atoms with van der Waals surface area (Å²) >= 11 is 0. The molecule has 0 aliphatic carbocycles. The maximum absolute atomic E-state index is 12.3. The fourth-order valence-electron chi connectivity index (χ4n) is 1.90. The standard InChI is InChI=1S/C17H19NO4/c1-12(22-13-7-5-4-6-8-13)17(19)18-15-11-14(20-2)9-10-16(15)21-3/h4-12H,1-3H3,(H,18,19)/t12-/m1/s1. The first kappa shape index (κ1) is 15.7. The van der Waals surface area contributed by atoms with Crippen LogP contribution in [0.5, 0.6) is 17.2 Å². The van der Waals surface area contributed by atoms with Gasteiger partial charge < -0.3 is 19.5 Å². The van der Waals surface area contributed by atoms with Gasteiger partial charge in [-0.05, 0) is 31.2 Å². The van der Waals surface area contributed by atoms with Gasteiger partial charge in [0, 0.05) is 6.07 Å². The second kappa shape index (κ2) is 7.36. The minimum Gasteiger partial charge on any atom is -0.497 e. The van der Waals surface area contributed by atoms with E-state index in [4.69, 9.17) is 14.2 Å². The number of amides is 1. The van der Waals surface area contributed by atoms with E-state index in [2.05, 4.69) is 5.32 Å². The summed E-state index contributed by atoms with van der Waals surface area (Å²) < 4.78 is 16.0. The summed E-state index contributed by atoms with van der Waals surface area (Å²) in [4.78, 5) is 12.3. The van der Waals surface area contributed by atoms with Crippen molar-refractivity contribution in [3.8, 4) is 17.2 Å². The van der Waals surface area contributed by atoms with Gasteiger partial charge in [0.25, 0.3) is 5.91 Å². The number of carbonyl (C=O) groups excluding carboxylic acids is 1. The zero-order valence-electron chi connectivity index (χ0n) is 12.8. The Morgan fingerprint density at radius 3 is 2.36 bits per heavy atom. The molecule has 1 amide bonds. The number of para-hydroxylation sites is 1. The van der Waals surface area contributed by atoms with Crippen LogP contribution in [0.2, 0.25) is 0 Å². The quantitative estimate of drug-likeness (QED) is 0.890. The van der Waals surface area contributed by atoms with E-state index in [0.29, 0.717) is 22.9 Å². The SMILES string of the molecule is COc1ccc(OC)c(NC(=O)[C@@H](C)Oc2ccccc2)c1. The highest BCUT2D eigenvalue weighted by Crippen LogP contribution is 2.29. The third kappa shape index (κ3) is 3.91. The lowest BCUT2D eigenvalue weighted by Crippen LogP contribution is -2.30. The molecule has 0 aliphatic rings. The van der Waals surface area contributed by atoms with Gasteiger partial charge in [0.15, 0.2) is 6.10 Å². The van der Waals surface area contributed by atoms with Crippen molar-refractivity contribution in [2.45, 2.75) is 13.0 Å². The molecule has 22 heavy (non-hydrogen) atoms. The first-order chi connectivity index (χ1) is 10.6. The van der Waals surface area contributed by atoms with E-state index in [0.717, 1.165) is 0 Å². The highest BCUT2D eigenvalue weighted by Gasteiger charge is 2.17. The number of nitrogens with one attached hydrogen (secondary N) is 1. The predicted octanol–water partition coefficient (Wildman–Crippen LogP) is 3.11. The summed E-state index contributed by atoms with van der Waals surface area (Å²) in [5.74, 6) is 1.56. The number of hydrogen-bond donors (Lipinski definition) is 1. The van der Waals surface area contributed by atoms with Crippen molar-refractivity contribution in [3.63, 3.8) is 0 Å². The van der Waals surface area contributed by atoms with Crippen molar-refractivity contribution in [2.24, 2.45) is 0 Å². The second-order valence-corrected chi connectivity index (χ2v) is 4.63. The first-order valence-corrected chi connectivity index (χ1v) is 6.88. The minimum absolute atomic E-state index is 0.268. The highest BCUT2D eigenvalue weighted by atomic mass is 16.5. The monoisotopic (exact) mass is 301 g/mol. The van der Waals surface area contributed by atoms with Gasteiger partial charge in [-0.1, -0.05) is 18.2 Å². The Bertz CT molecular complexity index is 628. The molecular weight excluding hydrogens is 282 g/mol. The second-order valence-electron chi connectivity index (χ2n) is 4.63. The van der Waals surface area contributed by atoms with Crippen LogP contribution >= 0.6 is 0 Å². The molecule has 2 aromatic carbocycles. The molecule has 5 heteroatoms. The number of carbonyl (C=O) groups is 1. The number of methoxy groups -OCH3 is 2. The van der Waals surface area contributed by atoms with Gasteiger partial charge in [0.1, 0.15) is 17.2 Å². The minimum atomic E-state index is -0.640. The smallest absolute Gasteiger partial charge is 0.265 e. The lowest BCUT2D eigenvalue weighted by molar-refractivity contribution is -0.122. The van der Waals surface area contributed by atoms with E-state index >= 15 is 0 Å². The van der Waals surface area contributed by atoms with Crippen LogP contribution in [0, 0.1) is 0 Å². The van der Waals surface area contributed by atoms with Gasteiger partial charge in [-0.15, -0.1) is 0 Å². The van der Waals surface area contributed by atoms with Crippen LogP contribution in [0.25, 0.3) is 0 Å². The molecule has 0 saturated heterocycles. The number of ether oxygens (including phenoxy) is 3. The van der Waals surface area contributed by atoms with Crippen LogP contribution in [-0.2, 0) is 4.79 Å². The first-order valence-electron chi connectivity index (χ1n) is 6.88. The fourth-order valence-corrected chi connectivity index (χ4v) is 1.90. The molecule has 0 bridgehead atoms. The van der Waals surface area contributed by atoms with Crippen LogP contribution in [0.15, 0.2) is 48.5 Å². The van der Waals surface area contributed by atoms with Crippen LogP contribution in [-0.4, -0.2) is 26.2 Å². The molecule has 0 spiro atoms. The van der Waals surface area contributed by atoms with Crippen molar-refractivity contribution >= 4 is 11.6 Å².